The van der Waals surface area contributed by atoms with E-state index in [2.05, 4.69) is 6.92 Å². The van der Waals surface area contributed by atoms with Gasteiger partial charge < -0.3 is 9.90 Å². The van der Waals surface area contributed by atoms with Crippen LogP contribution in [0.15, 0.2) is 18.2 Å². The van der Waals surface area contributed by atoms with Gasteiger partial charge in [-0.25, -0.2) is 0 Å². The van der Waals surface area contributed by atoms with Gasteiger partial charge in [-0.2, -0.15) is 0 Å². The minimum absolute atomic E-state index is 0. The second kappa shape index (κ2) is 7.88. The van der Waals surface area contributed by atoms with Gasteiger partial charge in [-0.3, -0.25) is 0 Å². The van der Waals surface area contributed by atoms with E-state index in [0.717, 1.165) is 31.2 Å². The SMILES string of the molecule is CCCCc1ccc(C(=O)[O-])c(CC)c1.[Na+]. The molecule has 0 spiro atoms. The minimum atomic E-state index is -1.08. The van der Waals surface area contributed by atoms with Crippen LogP contribution in [-0.4, -0.2) is 5.97 Å². The van der Waals surface area contributed by atoms with Gasteiger partial charge in [0.25, 0.3) is 0 Å². The molecule has 0 saturated heterocycles. The quantitative estimate of drug-likeness (QED) is 0.604. The van der Waals surface area contributed by atoms with E-state index in [1.54, 1.807) is 6.07 Å². The molecule has 0 aromatic heterocycles. The van der Waals surface area contributed by atoms with Crippen molar-refractivity contribution in [3.8, 4) is 0 Å². The normalized spacial score (nSPS) is 9.62. The standard InChI is InChI=1S/C13H18O2.Na/c1-3-5-6-10-7-8-12(13(14)15)11(4-2)9-10;/h7-9H,3-6H2,1-2H3,(H,14,15);/q;+1/p-1. The zero-order valence-corrected chi connectivity index (χ0v) is 12.4. The van der Waals surface area contributed by atoms with Crippen molar-refractivity contribution in [1.29, 1.82) is 0 Å². The van der Waals surface area contributed by atoms with Crippen LogP contribution in [-0.2, 0) is 12.8 Å². The third-order valence-electron chi connectivity index (χ3n) is 2.59. The predicted molar refractivity (Wildman–Crippen MR) is 58.8 cm³/mol. The topological polar surface area (TPSA) is 40.1 Å². The van der Waals surface area contributed by atoms with Crippen molar-refractivity contribution in [2.75, 3.05) is 0 Å². The van der Waals surface area contributed by atoms with E-state index in [1.807, 2.05) is 19.1 Å². The van der Waals surface area contributed by atoms with Crippen molar-refractivity contribution >= 4 is 5.97 Å². The molecular formula is C13H17NaO2. The fraction of sp³-hybridized carbons (Fsp3) is 0.462. The summed E-state index contributed by atoms with van der Waals surface area (Å²) >= 11 is 0. The average Bonchev–Trinajstić information content (AvgIpc) is 2.25. The Morgan fingerprint density at radius 3 is 2.50 bits per heavy atom. The summed E-state index contributed by atoms with van der Waals surface area (Å²) < 4.78 is 0. The molecule has 82 valence electrons. The van der Waals surface area contributed by atoms with Crippen LogP contribution in [0.2, 0.25) is 0 Å². The van der Waals surface area contributed by atoms with E-state index in [9.17, 15) is 9.90 Å². The number of aromatic carboxylic acids is 1. The van der Waals surface area contributed by atoms with Gasteiger partial charge in [0.05, 0.1) is 5.97 Å². The van der Waals surface area contributed by atoms with Gasteiger partial charge in [-0.05, 0) is 30.4 Å². The Morgan fingerprint density at radius 2 is 2.00 bits per heavy atom. The predicted octanol–water partition coefficient (Wildman–Crippen LogP) is -1.04. The molecule has 1 rings (SSSR count). The van der Waals surface area contributed by atoms with E-state index < -0.39 is 5.97 Å². The number of unbranched alkanes of at least 4 members (excludes halogenated alkanes) is 1. The third kappa shape index (κ3) is 4.28. The zero-order valence-electron chi connectivity index (χ0n) is 10.4. The zero-order chi connectivity index (χ0) is 11.3. The molecule has 0 N–H and O–H groups in total. The Labute approximate surface area is 119 Å². The fourth-order valence-electron chi connectivity index (χ4n) is 1.68. The second-order valence-corrected chi connectivity index (χ2v) is 3.74. The van der Waals surface area contributed by atoms with Crippen LogP contribution in [0.25, 0.3) is 0 Å². The van der Waals surface area contributed by atoms with Gasteiger partial charge in [0.1, 0.15) is 0 Å². The van der Waals surface area contributed by atoms with Crippen LogP contribution in [0.4, 0.5) is 0 Å². The van der Waals surface area contributed by atoms with Crippen molar-refractivity contribution < 1.29 is 39.5 Å². The summed E-state index contributed by atoms with van der Waals surface area (Å²) in [6.45, 7) is 4.11. The number of aryl methyl sites for hydroxylation is 2. The second-order valence-electron chi connectivity index (χ2n) is 3.74. The Hall–Kier alpha value is -0.310. The number of carbonyl (C=O) groups excluding carboxylic acids is 1. The molecule has 0 aliphatic carbocycles. The molecule has 0 aliphatic rings. The molecule has 16 heavy (non-hydrogen) atoms. The molecular weight excluding hydrogens is 211 g/mol. The first-order chi connectivity index (χ1) is 7.19. The summed E-state index contributed by atoms with van der Waals surface area (Å²) in [5.41, 5.74) is 2.43. The number of hydrogen-bond donors (Lipinski definition) is 0. The van der Waals surface area contributed by atoms with Gasteiger partial charge in [-0.15, -0.1) is 0 Å². The van der Waals surface area contributed by atoms with Gasteiger partial charge >= 0.3 is 29.6 Å². The van der Waals surface area contributed by atoms with Crippen molar-refractivity contribution in [1.82, 2.24) is 0 Å². The van der Waals surface area contributed by atoms with Gasteiger partial charge in [-0.1, -0.05) is 38.5 Å². The smallest absolute Gasteiger partial charge is 0.545 e. The maximum Gasteiger partial charge on any atom is 1.00 e. The maximum absolute atomic E-state index is 10.8. The summed E-state index contributed by atoms with van der Waals surface area (Å²) in [6, 6.07) is 5.54. The Balaban J connectivity index is 0.00000225. The van der Waals surface area contributed by atoms with Gasteiger partial charge in [0.2, 0.25) is 0 Å². The van der Waals surface area contributed by atoms with Crippen LogP contribution >= 0.6 is 0 Å². The molecule has 0 atom stereocenters. The van der Waals surface area contributed by atoms with Crippen LogP contribution < -0.4 is 34.7 Å². The van der Waals surface area contributed by atoms with Crippen molar-refractivity contribution in [3.63, 3.8) is 0 Å². The summed E-state index contributed by atoms with van der Waals surface area (Å²) in [6.07, 6.45) is 4.07. The molecule has 0 amide bonds. The van der Waals surface area contributed by atoms with Crippen molar-refractivity contribution in [2.24, 2.45) is 0 Å². The molecule has 0 saturated carbocycles. The molecule has 1 aromatic carbocycles. The summed E-state index contributed by atoms with van der Waals surface area (Å²) in [5.74, 6) is -1.08. The first-order valence-electron chi connectivity index (χ1n) is 5.52. The fourth-order valence-corrected chi connectivity index (χ4v) is 1.68. The monoisotopic (exact) mass is 228 g/mol. The van der Waals surface area contributed by atoms with Crippen LogP contribution in [0.3, 0.4) is 0 Å². The number of carboxylic acid groups (broad SMARTS) is 1. The third-order valence-corrected chi connectivity index (χ3v) is 2.59. The number of carboxylic acids is 1. The molecule has 0 fully saturated rings. The molecule has 0 bridgehead atoms. The van der Waals surface area contributed by atoms with Crippen LogP contribution in [0.5, 0.6) is 0 Å². The van der Waals surface area contributed by atoms with Crippen LogP contribution in [0, 0.1) is 0 Å². The van der Waals surface area contributed by atoms with Crippen molar-refractivity contribution in [2.45, 2.75) is 39.5 Å². The number of hydrogen-bond acceptors (Lipinski definition) is 2. The Morgan fingerprint density at radius 1 is 1.31 bits per heavy atom. The van der Waals surface area contributed by atoms with Gasteiger partial charge in [0.15, 0.2) is 0 Å². The van der Waals surface area contributed by atoms with Crippen LogP contribution in [0.1, 0.15) is 48.2 Å². The first-order valence-corrected chi connectivity index (χ1v) is 5.52. The number of benzene rings is 1. The van der Waals surface area contributed by atoms with E-state index in [1.165, 1.54) is 5.56 Å². The van der Waals surface area contributed by atoms with E-state index >= 15 is 0 Å². The van der Waals surface area contributed by atoms with E-state index in [4.69, 9.17) is 0 Å². The number of rotatable bonds is 5. The molecule has 0 unspecified atom stereocenters. The van der Waals surface area contributed by atoms with E-state index in [0.29, 0.717) is 5.56 Å². The molecule has 0 radical (unpaired) electrons. The van der Waals surface area contributed by atoms with E-state index in [-0.39, 0.29) is 29.6 Å². The maximum atomic E-state index is 10.8. The summed E-state index contributed by atoms with van der Waals surface area (Å²) in [4.78, 5) is 10.8. The summed E-state index contributed by atoms with van der Waals surface area (Å²) in [5, 5.41) is 10.8. The van der Waals surface area contributed by atoms with Crippen molar-refractivity contribution in [3.05, 3.63) is 34.9 Å². The Kier molecular flexibility index (Phi) is 7.73. The molecule has 1 aromatic rings. The average molecular weight is 228 g/mol. The molecule has 0 heterocycles. The Bertz CT molecular complexity index is 348. The molecule has 2 nitrogen and oxygen atoms in total. The molecule has 0 aliphatic heterocycles. The number of carbonyl (C=O) groups is 1. The summed E-state index contributed by atoms with van der Waals surface area (Å²) in [7, 11) is 0. The first kappa shape index (κ1) is 15.7. The minimum Gasteiger partial charge on any atom is -0.545 e. The largest absolute Gasteiger partial charge is 1.00 e. The van der Waals surface area contributed by atoms with Gasteiger partial charge in [0, 0.05) is 5.56 Å². The molecule has 3 heteroatoms.